The monoisotopic (exact) mass is 717 g/mol. The number of H-pyrrole nitrogens is 3. The average Bonchev–Trinajstić information content (AvgIpc) is 4.01. The molecular weight excluding hydrogens is 690 g/mol. The maximum atomic E-state index is 10.5. The number of carbonyl (C=O) groups excluding carboxylic acids is 3. The van der Waals surface area contributed by atoms with E-state index in [-0.39, 0.29) is 0 Å². The van der Waals surface area contributed by atoms with Crippen LogP contribution >= 0.6 is 0 Å². The molecule has 3 heterocycles. The van der Waals surface area contributed by atoms with E-state index in [0.717, 1.165) is 46.3 Å². The fourth-order valence-electron chi connectivity index (χ4n) is 4.73. The lowest BCUT2D eigenvalue weighted by atomic mass is 10.0. The summed E-state index contributed by atoms with van der Waals surface area (Å²) >= 11 is 0. The van der Waals surface area contributed by atoms with Gasteiger partial charge in [0.25, 0.3) is 0 Å². The largest absolute Gasteiger partial charge is 0.545 e. The van der Waals surface area contributed by atoms with Crippen molar-refractivity contribution in [3.05, 3.63) is 163 Å². The van der Waals surface area contributed by atoms with Gasteiger partial charge in [0.05, 0.1) is 36.5 Å². The van der Waals surface area contributed by atoms with Crippen LogP contribution in [-0.2, 0) is 0 Å². The Morgan fingerprint density at radius 3 is 1.07 bits per heavy atom. The Morgan fingerprint density at radius 2 is 0.796 bits per heavy atom. The molecule has 0 saturated carbocycles. The third kappa shape index (κ3) is 9.98. The molecule has 15 heteroatoms. The molecule has 0 aliphatic heterocycles. The summed E-state index contributed by atoms with van der Waals surface area (Å²) in [7, 11) is 0. The molecule has 7 rings (SSSR count). The van der Waals surface area contributed by atoms with E-state index in [9.17, 15) is 29.7 Å². The van der Waals surface area contributed by atoms with Crippen molar-refractivity contribution in [3.63, 3.8) is 0 Å². The fourth-order valence-corrected chi connectivity index (χ4v) is 4.73. The summed E-state index contributed by atoms with van der Waals surface area (Å²) in [6.07, 6.45) is 16.5. The number of hydrogen-bond acceptors (Lipinski definition) is 9. The molecule has 4 aromatic carbocycles. The fraction of sp³-hybridized carbons (Fsp3) is 0. The number of imidazole rings is 3. The Bertz CT molecular complexity index is 2260. The van der Waals surface area contributed by atoms with Crippen LogP contribution in [0.2, 0.25) is 0 Å². The molecule has 7 aromatic rings. The van der Waals surface area contributed by atoms with E-state index in [1.165, 1.54) is 13.7 Å². The standard InChI is InChI=1S/3C10H7N3.C9H6O6/c3*11-8-13-7-6-12-10(13)9-4-2-1-3-5-9;10-7(11)4-1-2-5(8(12)13)6(3-4)9(14)15/h3*1-7H;1-3H,(H,10,11)(H,12,13)(H,14,15). The first-order valence-electron chi connectivity index (χ1n) is 15.6. The molecule has 3 N–H and O–H groups in total. The summed E-state index contributed by atoms with van der Waals surface area (Å²) < 4.78 is 4.49. The van der Waals surface area contributed by atoms with Gasteiger partial charge in [-0.1, -0.05) is 66.7 Å². The molecular formula is C39H27N9O6. The zero-order valence-electron chi connectivity index (χ0n) is 28.0. The van der Waals surface area contributed by atoms with Gasteiger partial charge in [-0.15, -0.1) is 13.7 Å². The summed E-state index contributed by atoms with van der Waals surface area (Å²) in [5.74, 6) is -2.70. The molecule has 0 fully saturated rings. The van der Waals surface area contributed by atoms with Crippen molar-refractivity contribution >= 4 is 17.9 Å². The first kappa shape index (κ1) is 38.2. The van der Waals surface area contributed by atoms with E-state index in [2.05, 4.69) is 33.5 Å². The van der Waals surface area contributed by atoms with Gasteiger partial charge < -0.3 is 29.7 Å². The number of nitriles is 3. The van der Waals surface area contributed by atoms with Crippen molar-refractivity contribution in [3.8, 4) is 52.7 Å². The summed E-state index contributed by atoms with van der Waals surface area (Å²) in [4.78, 5) is 40.3. The summed E-state index contributed by atoms with van der Waals surface area (Å²) in [5.41, 5.74) is 1.19. The van der Waals surface area contributed by atoms with Crippen molar-refractivity contribution in [2.75, 3.05) is 0 Å². The lowest BCUT2D eigenvalue weighted by Crippen LogP contribution is -2.31. The van der Waals surface area contributed by atoms with Gasteiger partial charge in [-0.05, 0) is 48.0 Å². The number of hydrogen-bond donors (Lipinski definition) is 3. The predicted octanol–water partition coefficient (Wildman–Crippen LogP) is 0.672. The molecule has 0 atom stereocenters. The van der Waals surface area contributed by atoms with Crippen LogP contribution in [0.3, 0.4) is 0 Å². The predicted molar refractivity (Wildman–Crippen MR) is 182 cm³/mol. The highest BCUT2D eigenvalue weighted by Crippen LogP contribution is 2.13. The maximum absolute atomic E-state index is 10.5. The van der Waals surface area contributed by atoms with Crippen molar-refractivity contribution in [1.29, 1.82) is 15.8 Å². The van der Waals surface area contributed by atoms with E-state index in [1.54, 1.807) is 37.2 Å². The number of aromatic carboxylic acids is 3. The zero-order valence-corrected chi connectivity index (χ0v) is 28.0. The first-order valence-corrected chi connectivity index (χ1v) is 15.6. The molecule has 0 unspecified atom stereocenters. The Hall–Kier alpha value is -8.61. The number of aromatic amines is 3. The minimum Gasteiger partial charge on any atom is -0.545 e. The topological polar surface area (TPSA) is 251 Å². The molecule has 0 aliphatic carbocycles. The van der Waals surface area contributed by atoms with Crippen LogP contribution in [0.1, 0.15) is 31.1 Å². The van der Waals surface area contributed by atoms with Crippen LogP contribution in [0.5, 0.6) is 0 Å². The second kappa shape index (κ2) is 19.0. The molecule has 54 heavy (non-hydrogen) atoms. The number of aromatic nitrogens is 6. The molecule has 0 bridgehead atoms. The van der Waals surface area contributed by atoms with E-state index < -0.39 is 34.6 Å². The number of carboxylic acids is 3. The van der Waals surface area contributed by atoms with Crippen LogP contribution in [0.25, 0.3) is 34.2 Å². The van der Waals surface area contributed by atoms with Gasteiger partial charge in [0.15, 0.2) is 0 Å². The van der Waals surface area contributed by atoms with Gasteiger partial charge in [0.1, 0.15) is 18.6 Å². The van der Waals surface area contributed by atoms with Gasteiger partial charge in [0, 0.05) is 43.6 Å². The quantitative estimate of drug-likeness (QED) is 0.204. The normalized spacial score (nSPS) is 9.50. The van der Waals surface area contributed by atoms with Crippen molar-refractivity contribution < 1.29 is 43.4 Å². The SMILES string of the molecule is N#C[n+]1cc[nH]c1-c1ccccc1.N#C[n+]1cc[nH]c1-c1ccccc1.N#C[n+]1cc[nH]c1-c1ccccc1.O=C([O-])c1ccc(C(=O)[O-])c(C(=O)[O-])c1. The highest BCUT2D eigenvalue weighted by molar-refractivity contribution is 6.02. The van der Waals surface area contributed by atoms with E-state index in [4.69, 9.17) is 15.8 Å². The number of nitrogens with one attached hydrogen (secondary N) is 3. The maximum Gasteiger partial charge on any atom is 0.375 e. The van der Waals surface area contributed by atoms with Crippen LogP contribution in [-0.4, -0.2) is 32.9 Å². The second-order valence-corrected chi connectivity index (χ2v) is 10.6. The molecule has 0 aliphatic rings. The van der Waals surface area contributed by atoms with E-state index in [1.807, 2.05) is 91.0 Å². The number of carbonyl (C=O) groups is 3. The van der Waals surface area contributed by atoms with Gasteiger partial charge in [-0.2, -0.15) is 0 Å². The highest BCUT2D eigenvalue weighted by Gasteiger charge is 2.11. The smallest absolute Gasteiger partial charge is 0.375 e. The molecule has 3 aromatic heterocycles. The Kier molecular flexibility index (Phi) is 13.4. The van der Waals surface area contributed by atoms with Crippen molar-refractivity contribution in [2.45, 2.75) is 0 Å². The van der Waals surface area contributed by atoms with E-state index >= 15 is 0 Å². The lowest BCUT2D eigenvalue weighted by molar-refractivity contribution is -0.573. The van der Waals surface area contributed by atoms with Crippen LogP contribution in [0, 0.1) is 34.4 Å². The number of rotatable bonds is 6. The first-order chi connectivity index (χ1) is 26.2. The van der Waals surface area contributed by atoms with Crippen LogP contribution in [0.4, 0.5) is 0 Å². The third-order valence-electron chi connectivity index (χ3n) is 7.21. The Morgan fingerprint density at radius 1 is 0.463 bits per heavy atom. The molecule has 264 valence electrons. The summed E-state index contributed by atoms with van der Waals surface area (Å²) in [6, 6.07) is 31.6. The minimum atomic E-state index is -1.79. The molecule has 0 saturated heterocycles. The molecule has 15 nitrogen and oxygen atoms in total. The highest BCUT2D eigenvalue weighted by atomic mass is 16.4. The van der Waals surface area contributed by atoms with Crippen molar-refractivity contribution in [2.24, 2.45) is 0 Å². The number of carboxylic acid groups (broad SMARTS) is 3. The molecule has 0 spiro atoms. The Labute approximate surface area is 307 Å². The molecule has 0 radical (unpaired) electrons. The van der Waals surface area contributed by atoms with Crippen molar-refractivity contribution in [1.82, 2.24) is 15.0 Å². The van der Waals surface area contributed by atoms with E-state index in [0.29, 0.717) is 6.07 Å². The third-order valence-corrected chi connectivity index (χ3v) is 7.21. The minimum absolute atomic E-state index is 0.445. The van der Waals surface area contributed by atoms with Gasteiger partial charge in [0.2, 0.25) is 17.5 Å². The van der Waals surface area contributed by atoms with Gasteiger partial charge in [-0.3, -0.25) is 15.0 Å². The van der Waals surface area contributed by atoms with Crippen LogP contribution in [0.15, 0.2) is 146 Å². The van der Waals surface area contributed by atoms with Gasteiger partial charge >= 0.3 is 18.6 Å². The second-order valence-electron chi connectivity index (χ2n) is 10.6. The number of benzene rings is 4. The van der Waals surface area contributed by atoms with Gasteiger partial charge in [-0.25, -0.2) is 0 Å². The summed E-state index contributed by atoms with van der Waals surface area (Å²) in [5, 5.41) is 57.6. The zero-order chi connectivity index (χ0) is 38.9. The average molecular weight is 718 g/mol. The molecule has 0 amide bonds. The lowest BCUT2D eigenvalue weighted by Gasteiger charge is -2.13. The summed E-state index contributed by atoms with van der Waals surface area (Å²) in [6.45, 7) is 0. The van der Waals surface area contributed by atoms with Crippen LogP contribution < -0.4 is 29.0 Å². The Balaban J connectivity index is 0.000000161. The number of nitrogens with zero attached hydrogens (tertiary/aromatic N) is 6.